The smallest absolute Gasteiger partial charge is 0.253 e. The van der Waals surface area contributed by atoms with Gasteiger partial charge >= 0.3 is 0 Å². The van der Waals surface area contributed by atoms with Crippen LogP contribution in [0.25, 0.3) is 0 Å². The molecule has 2 aromatic carbocycles. The Kier molecular flexibility index (Phi) is 7.85. The lowest BCUT2D eigenvalue weighted by molar-refractivity contribution is -0.117. The predicted molar refractivity (Wildman–Crippen MR) is 120 cm³/mol. The number of nitrogens with one attached hydrogen (secondary N) is 2. The fraction of sp³-hybridized carbons (Fsp3) is 0.417. The standard InChI is InChI=1S/C24H31N3O3/c1-3-20(18-9-5-4-6-10-18)24(29)26-19-11-12-22(27-14-7-8-15-27)21(17-19)23(28)25-13-16-30-2/h4-6,9-12,17,20H,3,7-8,13-16H2,1-2H3,(H,25,28)(H,26,29)/t20-/m0/s1. The van der Waals surface area contributed by atoms with E-state index in [1.165, 1.54) is 0 Å². The molecule has 30 heavy (non-hydrogen) atoms. The van der Waals surface area contributed by atoms with Gasteiger partial charge in [-0.1, -0.05) is 37.3 Å². The van der Waals surface area contributed by atoms with E-state index in [-0.39, 0.29) is 17.7 Å². The van der Waals surface area contributed by atoms with Crippen LogP contribution in [0.2, 0.25) is 0 Å². The molecule has 0 aromatic heterocycles. The highest BCUT2D eigenvalue weighted by Crippen LogP contribution is 2.29. The Hall–Kier alpha value is -2.86. The second kappa shape index (κ2) is 10.8. The predicted octanol–water partition coefficient (Wildman–Crippen LogP) is 3.80. The molecule has 0 bridgehead atoms. The van der Waals surface area contributed by atoms with E-state index in [2.05, 4.69) is 15.5 Å². The van der Waals surface area contributed by atoms with Crippen molar-refractivity contribution in [2.24, 2.45) is 0 Å². The summed E-state index contributed by atoms with van der Waals surface area (Å²) in [6.07, 6.45) is 2.95. The summed E-state index contributed by atoms with van der Waals surface area (Å²) in [4.78, 5) is 28.0. The minimum Gasteiger partial charge on any atom is -0.383 e. The molecule has 0 unspecified atom stereocenters. The third kappa shape index (κ3) is 5.39. The molecule has 1 heterocycles. The number of rotatable bonds is 9. The van der Waals surface area contributed by atoms with E-state index in [1.807, 2.05) is 49.4 Å². The van der Waals surface area contributed by atoms with Crippen molar-refractivity contribution in [3.8, 4) is 0 Å². The number of carbonyl (C=O) groups is 2. The Morgan fingerprint density at radius 3 is 2.50 bits per heavy atom. The maximum atomic E-state index is 12.9. The van der Waals surface area contributed by atoms with Crippen molar-refractivity contribution in [3.05, 3.63) is 59.7 Å². The summed E-state index contributed by atoms with van der Waals surface area (Å²) in [6, 6.07) is 15.4. The first-order valence-corrected chi connectivity index (χ1v) is 10.7. The fourth-order valence-corrected chi connectivity index (χ4v) is 3.88. The third-order valence-corrected chi connectivity index (χ3v) is 5.47. The number of hydrogen-bond donors (Lipinski definition) is 2. The van der Waals surface area contributed by atoms with E-state index in [4.69, 9.17) is 4.74 Å². The van der Waals surface area contributed by atoms with Crippen LogP contribution < -0.4 is 15.5 Å². The van der Waals surface area contributed by atoms with Crippen molar-refractivity contribution in [3.63, 3.8) is 0 Å². The van der Waals surface area contributed by atoms with Crippen molar-refractivity contribution >= 4 is 23.2 Å². The van der Waals surface area contributed by atoms with Crippen molar-refractivity contribution in [1.82, 2.24) is 5.32 Å². The zero-order valence-electron chi connectivity index (χ0n) is 17.8. The average Bonchev–Trinajstić information content (AvgIpc) is 3.30. The Morgan fingerprint density at radius 1 is 1.10 bits per heavy atom. The van der Waals surface area contributed by atoms with Crippen LogP contribution in [0.3, 0.4) is 0 Å². The van der Waals surface area contributed by atoms with Gasteiger partial charge in [-0.25, -0.2) is 0 Å². The first-order valence-electron chi connectivity index (χ1n) is 10.7. The third-order valence-electron chi connectivity index (χ3n) is 5.47. The van der Waals surface area contributed by atoms with Gasteiger partial charge in [0.25, 0.3) is 5.91 Å². The number of anilines is 2. The van der Waals surface area contributed by atoms with E-state index in [0.29, 0.717) is 30.8 Å². The molecule has 0 radical (unpaired) electrons. The van der Waals surface area contributed by atoms with Crippen molar-refractivity contribution in [2.75, 3.05) is 43.6 Å². The lowest BCUT2D eigenvalue weighted by atomic mass is 9.95. The zero-order chi connectivity index (χ0) is 21.3. The van der Waals surface area contributed by atoms with Crippen LogP contribution in [-0.2, 0) is 9.53 Å². The second-order valence-electron chi connectivity index (χ2n) is 7.54. The van der Waals surface area contributed by atoms with Crippen LogP contribution in [0.1, 0.15) is 48.0 Å². The van der Waals surface area contributed by atoms with Gasteiger partial charge in [0.1, 0.15) is 0 Å². The van der Waals surface area contributed by atoms with E-state index in [0.717, 1.165) is 37.2 Å². The van der Waals surface area contributed by atoms with Crippen molar-refractivity contribution in [2.45, 2.75) is 32.1 Å². The second-order valence-corrected chi connectivity index (χ2v) is 7.54. The molecule has 0 spiro atoms. The summed E-state index contributed by atoms with van der Waals surface area (Å²) in [6.45, 7) is 4.78. The van der Waals surface area contributed by atoms with E-state index >= 15 is 0 Å². The van der Waals surface area contributed by atoms with Gasteiger partial charge in [-0.3, -0.25) is 9.59 Å². The fourth-order valence-electron chi connectivity index (χ4n) is 3.88. The van der Waals surface area contributed by atoms with Gasteiger partial charge < -0.3 is 20.3 Å². The first kappa shape index (κ1) is 21.8. The Bertz CT molecular complexity index is 848. The van der Waals surface area contributed by atoms with Crippen LogP contribution >= 0.6 is 0 Å². The molecule has 1 aliphatic heterocycles. The molecular formula is C24H31N3O3. The highest BCUT2D eigenvalue weighted by molar-refractivity contribution is 6.03. The van der Waals surface area contributed by atoms with Gasteiger partial charge in [0.05, 0.1) is 18.1 Å². The van der Waals surface area contributed by atoms with Gasteiger partial charge in [0, 0.05) is 38.1 Å². The number of carbonyl (C=O) groups excluding carboxylic acids is 2. The molecule has 2 N–H and O–H groups in total. The summed E-state index contributed by atoms with van der Waals surface area (Å²) in [5.74, 6) is -0.452. The van der Waals surface area contributed by atoms with Crippen LogP contribution in [0.15, 0.2) is 48.5 Å². The van der Waals surface area contributed by atoms with Gasteiger partial charge in [-0.15, -0.1) is 0 Å². The monoisotopic (exact) mass is 409 g/mol. The number of methoxy groups -OCH3 is 1. The maximum absolute atomic E-state index is 12.9. The summed E-state index contributed by atoms with van der Waals surface area (Å²) >= 11 is 0. The molecule has 1 atom stereocenters. The molecule has 2 amide bonds. The van der Waals surface area contributed by atoms with E-state index in [1.54, 1.807) is 13.2 Å². The van der Waals surface area contributed by atoms with E-state index < -0.39 is 0 Å². The van der Waals surface area contributed by atoms with Gasteiger partial charge in [-0.05, 0) is 43.0 Å². The van der Waals surface area contributed by atoms with Crippen molar-refractivity contribution in [1.29, 1.82) is 0 Å². The minimum absolute atomic E-state index is 0.0663. The summed E-state index contributed by atoms with van der Waals surface area (Å²) in [5, 5.41) is 5.91. The Morgan fingerprint density at radius 2 is 1.83 bits per heavy atom. The molecule has 2 aromatic rings. The first-order chi connectivity index (χ1) is 14.6. The molecular weight excluding hydrogens is 378 g/mol. The molecule has 6 nitrogen and oxygen atoms in total. The Labute approximate surface area is 178 Å². The van der Waals surface area contributed by atoms with Gasteiger partial charge in [0.15, 0.2) is 0 Å². The molecule has 6 heteroatoms. The van der Waals surface area contributed by atoms with Crippen molar-refractivity contribution < 1.29 is 14.3 Å². The maximum Gasteiger partial charge on any atom is 0.253 e. The van der Waals surface area contributed by atoms with Crippen LogP contribution in [0, 0.1) is 0 Å². The van der Waals surface area contributed by atoms with Crippen LogP contribution in [-0.4, -0.2) is 45.2 Å². The quantitative estimate of drug-likeness (QED) is 0.618. The molecule has 3 rings (SSSR count). The lowest BCUT2D eigenvalue weighted by Gasteiger charge is -2.22. The van der Waals surface area contributed by atoms with Crippen LogP contribution in [0.4, 0.5) is 11.4 Å². The lowest BCUT2D eigenvalue weighted by Crippen LogP contribution is -2.30. The number of benzene rings is 2. The van der Waals surface area contributed by atoms with Gasteiger partial charge in [0.2, 0.25) is 5.91 Å². The SMILES string of the molecule is CC[C@H](C(=O)Nc1ccc(N2CCCC2)c(C(=O)NCCOC)c1)c1ccccc1. The summed E-state index contributed by atoms with van der Waals surface area (Å²) < 4.78 is 5.03. The number of hydrogen-bond acceptors (Lipinski definition) is 4. The number of nitrogens with zero attached hydrogens (tertiary/aromatic N) is 1. The summed E-state index contributed by atoms with van der Waals surface area (Å²) in [7, 11) is 1.61. The molecule has 1 fully saturated rings. The highest BCUT2D eigenvalue weighted by atomic mass is 16.5. The number of ether oxygens (including phenoxy) is 1. The average molecular weight is 410 g/mol. The summed E-state index contributed by atoms with van der Waals surface area (Å²) in [5.41, 5.74) is 3.12. The normalized spacial score (nSPS) is 14.4. The topological polar surface area (TPSA) is 70.7 Å². The minimum atomic E-state index is -0.233. The molecule has 1 saturated heterocycles. The Balaban J connectivity index is 1.81. The number of amides is 2. The zero-order valence-corrected chi connectivity index (χ0v) is 17.8. The molecule has 0 saturated carbocycles. The van der Waals surface area contributed by atoms with Crippen LogP contribution in [0.5, 0.6) is 0 Å². The van der Waals surface area contributed by atoms with E-state index in [9.17, 15) is 9.59 Å². The molecule has 0 aliphatic carbocycles. The highest BCUT2D eigenvalue weighted by Gasteiger charge is 2.22. The molecule has 1 aliphatic rings. The van der Waals surface area contributed by atoms with Gasteiger partial charge in [-0.2, -0.15) is 0 Å². The largest absolute Gasteiger partial charge is 0.383 e. The molecule has 160 valence electrons.